The molecule has 0 heterocycles. The Morgan fingerprint density at radius 1 is 0.800 bits per heavy atom. The number of hydrogen-bond donors (Lipinski definition) is 0. The fourth-order valence-electron chi connectivity index (χ4n) is 5.17. The zero-order chi connectivity index (χ0) is 17.8. The molecule has 4 bridgehead atoms. The lowest BCUT2D eigenvalue weighted by Gasteiger charge is -2.56. The molecule has 0 amide bonds. The van der Waals surface area contributed by atoms with E-state index < -0.39 is 33.1 Å². The summed E-state index contributed by atoms with van der Waals surface area (Å²) in [6.07, 6.45) is 5.93. The summed E-state index contributed by atoms with van der Waals surface area (Å²) in [5.74, 6) is -4.43. The van der Waals surface area contributed by atoms with Crippen molar-refractivity contribution in [3.8, 4) is 0 Å². The number of thioether (sulfide) groups is 1. The van der Waals surface area contributed by atoms with Crippen LogP contribution in [-0.2, 0) is 9.37 Å². The lowest BCUT2D eigenvalue weighted by atomic mass is 9.56. The van der Waals surface area contributed by atoms with Crippen molar-refractivity contribution in [3.63, 3.8) is 0 Å². The summed E-state index contributed by atoms with van der Waals surface area (Å²) >= 11 is 0.749. The van der Waals surface area contributed by atoms with Crippen LogP contribution < -0.4 is 5.26 Å². The van der Waals surface area contributed by atoms with Gasteiger partial charge in [-0.25, -0.2) is 17.6 Å². The van der Waals surface area contributed by atoms with Gasteiger partial charge in [-0.05, 0) is 56.3 Å². The van der Waals surface area contributed by atoms with Gasteiger partial charge in [0.25, 0.3) is 0 Å². The molecule has 4 fully saturated rings. The highest BCUT2D eigenvalue weighted by molar-refractivity contribution is 8.00. The Morgan fingerprint density at radius 2 is 1.24 bits per heavy atom. The average molecular weight is 395 g/mol. The van der Waals surface area contributed by atoms with Gasteiger partial charge in [-0.2, -0.15) is 4.33 Å². The van der Waals surface area contributed by atoms with Crippen LogP contribution in [0.1, 0.15) is 38.5 Å². The molecule has 5 rings (SSSR count). The summed E-state index contributed by atoms with van der Waals surface area (Å²) in [4.78, 5) is -1.69. The molecule has 4 aliphatic carbocycles. The molecule has 0 spiro atoms. The van der Waals surface area contributed by atoms with Gasteiger partial charge >= 0.3 is 0 Å². The van der Waals surface area contributed by atoms with Crippen LogP contribution in [0.4, 0.5) is 17.6 Å². The van der Waals surface area contributed by atoms with Crippen molar-refractivity contribution in [1.82, 2.24) is 0 Å². The smallest absolute Gasteiger partial charge is 0.179 e. The minimum absolute atomic E-state index is 0.193. The zero-order valence-corrected chi connectivity index (χ0v) is 14.7. The maximum atomic E-state index is 14.4. The monoisotopic (exact) mass is 395 g/mol. The number of rotatable bonds is 5. The van der Waals surface area contributed by atoms with E-state index in [0.717, 1.165) is 50.3 Å². The Bertz CT molecular complexity index is 636. The molecule has 1 aromatic carbocycles. The second-order valence-electron chi connectivity index (χ2n) is 7.34. The molecule has 4 aliphatic rings. The summed E-state index contributed by atoms with van der Waals surface area (Å²) in [5.41, 5.74) is 0. The molecule has 0 radical (unpaired) electrons. The number of halogens is 4. The van der Waals surface area contributed by atoms with E-state index in [4.69, 9.17) is 0 Å². The van der Waals surface area contributed by atoms with Gasteiger partial charge in [0.2, 0.25) is 0 Å². The van der Waals surface area contributed by atoms with E-state index in [1.807, 2.05) is 0 Å². The SMILES string of the molecule is [O-]OOSc1c(F)c(F)c(SC23CC4CC(CC(C4)C2)C3)c(F)c1F. The maximum Gasteiger partial charge on any atom is 0.179 e. The topological polar surface area (TPSA) is 41.5 Å². The first-order chi connectivity index (χ1) is 11.9. The van der Waals surface area contributed by atoms with Crippen LogP contribution >= 0.6 is 23.8 Å². The van der Waals surface area contributed by atoms with E-state index in [9.17, 15) is 22.8 Å². The molecule has 0 N–H and O–H groups in total. The van der Waals surface area contributed by atoms with Crippen LogP contribution in [0.3, 0.4) is 0 Å². The second-order valence-corrected chi connectivity index (χ2v) is 9.53. The molecular formula is C16H15F4O3S2-. The van der Waals surface area contributed by atoms with E-state index in [1.54, 1.807) is 0 Å². The average Bonchev–Trinajstić information content (AvgIpc) is 2.56. The Hall–Kier alpha value is -0.480. The first kappa shape index (κ1) is 17.9. The van der Waals surface area contributed by atoms with Crippen LogP contribution in [-0.4, -0.2) is 4.75 Å². The second kappa shape index (κ2) is 6.60. The van der Waals surface area contributed by atoms with E-state index in [-0.39, 0.29) is 16.8 Å². The highest BCUT2D eigenvalue weighted by atomic mass is 32.2. The van der Waals surface area contributed by atoms with E-state index in [0.29, 0.717) is 17.8 Å². The van der Waals surface area contributed by atoms with Crippen molar-refractivity contribution < 1.29 is 32.2 Å². The van der Waals surface area contributed by atoms with Crippen LogP contribution in [0, 0.1) is 41.0 Å². The molecule has 3 nitrogen and oxygen atoms in total. The molecule has 9 heteroatoms. The quantitative estimate of drug-likeness (QED) is 0.241. The highest BCUT2D eigenvalue weighted by Gasteiger charge is 2.52. The van der Waals surface area contributed by atoms with Crippen molar-refractivity contribution in [2.24, 2.45) is 17.8 Å². The molecule has 0 saturated heterocycles. The van der Waals surface area contributed by atoms with Gasteiger partial charge in [0.1, 0.15) is 4.90 Å². The first-order valence-corrected chi connectivity index (χ1v) is 9.66. The number of benzene rings is 1. The Labute approximate surface area is 150 Å². The predicted octanol–water partition coefficient (Wildman–Crippen LogP) is 4.53. The van der Waals surface area contributed by atoms with Crippen molar-refractivity contribution in [2.75, 3.05) is 0 Å². The molecule has 25 heavy (non-hydrogen) atoms. The molecular weight excluding hydrogens is 380 g/mol. The molecule has 0 atom stereocenters. The summed E-state index contributed by atoms with van der Waals surface area (Å²) in [6.45, 7) is 0. The summed E-state index contributed by atoms with van der Waals surface area (Å²) < 4.78 is 60.6. The molecule has 0 aromatic heterocycles. The fourth-order valence-corrected chi connectivity index (χ4v) is 7.34. The molecule has 0 aliphatic heterocycles. The predicted molar refractivity (Wildman–Crippen MR) is 81.1 cm³/mol. The van der Waals surface area contributed by atoms with Gasteiger partial charge in [0, 0.05) is 4.75 Å². The van der Waals surface area contributed by atoms with Crippen LogP contribution in [0.25, 0.3) is 0 Å². The Balaban J connectivity index is 1.67. The Morgan fingerprint density at radius 3 is 1.68 bits per heavy atom. The van der Waals surface area contributed by atoms with Gasteiger partial charge < -0.3 is 5.26 Å². The van der Waals surface area contributed by atoms with Gasteiger partial charge in [0.05, 0.1) is 16.9 Å². The van der Waals surface area contributed by atoms with Crippen LogP contribution in [0.15, 0.2) is 9.79 Å². The van der Waals surface area contributed by atoms with E-state index >= 15 is 0 Å². The first-order valence-electron chi connectivity index (χ1n) is 8.10. The van der Waals surface area contributed by atoms with E-state index in [2.05, 4.69) is 9.37 Å². The minimum atomic E-state index is -1.58. The van der Waals surface area contributed by atoms with E-state index in [1.165, 1.54) is 0 Å². The zero-order valence-electron chi connectivity index (χ0n) is 13.0. The largest absolute Gasteiger partial charge is 0.691 e. The molecule has 0 unspecified atom stereocenters. The Kier molecular flexibility index (Phi) is 4.73. The lowest BCUT2D eigenvalue weighted by molar-refractivity contribution is -0.777. The third kappa shape index (κ3) is 3.07. The summed E-state index contributed by atoms with van der Waals surface area (Å²) in [6, 6.07) is 0. The van der Waals surface area contributed by atoms with Crippen molar-refractivity contribution in [3.05, 3.63) is 23.3 Å². The number of hydrogen-bond acceptors (Lipinski definition) is 5. The van der Waals surface area contributed by atoms with Crippen LogP contribution in [0.5, 0.6) is 0 Å². The van der Waals surface area contributed by atoms with Gasteiger partial charge in [-0.15, -0.1) is 11.8 Å². The summed E-state index contributed by atoms with van der Waals surface area (Å²) in [5, 5.41) is 12.8. The molecule has 1 aromatic rings. The summed E-state index contributed by atoms with van der Waals surface area (Å²) in [7, 11) is 0. The van der Waals surface area contributed by atoms with Crippen molar-refractivity contribution >= 4 is 23.8 Å². The third-order valence-corrected chi connectivity index (χ3v) is 7.77. The lowest BCUT2D eigenvalue weighted by Crippen LogP contribution is -2.48. The van der Waals surface area contributed by atoms with Crippen LogP contribution in [0.2, 0.25) is 0 Å². The maximum absolute atomic E-state index is 14.4. The van der Waals surface area contributed by atoms with Gasteiger partial charge in [0.15, 0.2) is 23.3 Å². The van der Waals surface area contributed by atoms with Crippen molar-refractivity contribution in [2.45, 2.75) is 53.1 Å². The van der Waals surface area contributed by atoms with Gasteiger partial charge in [-0.3, -0.25) is 5.04 Å². The fraction of sp³-hybridized carbons (Fsp3) is 0.625. The van der Waals surface area contributed by atoms with Crippen molar-refractivity contribution in [1.29, 1.82) is 0 Å². The molecule has 4 saturated carbocycles. The minimum Gasteiger partial charge on any atom is -0.691 e. The molecule has 138 valence electrons. The normalized spacial score (nSPS) is 33.2. The van der Waals surface area contributed by atoms with Gasteiger partial charge in [-0.1, -0.05) is 0 Å². The third-order valence-electron chi connectivity index (χ3n) is 5.63. The standard InChI is InChI=1S/C16H16F4O3S2/c17-10-12(19)15(25-23-22-21)13(20)11(18)14(10)24-16-4-7-1-8(5-16)3-9(2-7)6-16/h7-9,21H,1-6H2/p-1. The highest BCUT2D eigenvalue weighted by Crippen LogP contribution is 2.62.